The summed E-state index contributed by atoms with van der Waals surface area (Å²) in [7, 11) is 1.72. The van der Waals surface area contributed by atoms with Gasteiger partial charge in [0, 0.05) is 13.6 Å². The summed E-state index contributed by atoms with van der Waals surface area (Å²) < 4.78 is 0. The molecule has 0 aromatic carbocycles. The second-order valence-electron chi connectivity index (χ2n) is 3.06. The van der Waals surface area contributed by atoms with E-state index >= 15 is 0 Å². The molecule has 4 N–H and O–H groups in total. The predicted octanol–water partition coefficient (Wildman–Crippen LogP) is 0.316. The molecule has 0 unspecified atom stereocenters. The van der Waals surface area contributed by atoms with Crippen molar-refractivity contribution in [2.45, 2.75) is 20.8 Å². The van der Waals surface area contributed by atoms with Gasteiger partial charge >= 0.3 is 0 Å². The van der Waals surface area contributed by atoms with E-state index in [9.17, 15) is 0 Å². The number of hydrogen-bond donors (Lipinski definition) is 4. The first-order valence-corrected chi connectivity index (χ1v) is 5.93. The Morgan fingerprint density at radius 1 is 1.00 bits per heavy atom. The normalized spacial score (nSPS) is 11.8. The molecule has 0 radical (unpaired) electrons. The summed E-state index contributed by atoms with van der Waals surface area (Å²) in [5, 5.41) is 14.7. The van der Waals surface area contributed by atoms with Gasteiger partial charge in [0.05, 0.1) is 11.4 Å². The number of nitrogens with zero attached hydrogens (tertiary/aromatic N) is 2. The van der Waals surface area contributed by atoms with E-state index < -0.39 is 0 Å². The van der Waals surface area contributed by atoms with Crippen LogP contribution >= 0.6 is 24.4 Å². The zero-order valence-electron chi connectivity index (χ0n) is 10.4. The number of hydrazone groups is 2. The molecular weight excluding hydrogens is 256 g/mol. The van der Waals surface area contributed by atoms with E-state index in [0.717, 1.165) is 18.0 Å². The van der Waals surface area contributed by atoms with E-state index in [4.69, 9.17) is 24.4 Å². The molecule has 0 rings (SSSR count). The van der Waals surface area contributed by atoms with Crippen molar-refractivity contribution in [3.8, 4) is 0 Å². The highest BCUT2D eigenvalue weighted by Gasteiger charge is 1.98. The van der Waals surface area contributed by atoms with Crippen LogP contribution in [-0.4, -0.2) is 35.2 Å². The first-order chi connectivity index (χ1) is 8.01. The maximum atomic E-state index is 4.97. The van der Waals surface area contributed by atoms with Crippen molar-refractivity contribution in [3.05, 3.63) is 0 Å². The van der Waals surface area contributed by atoms with E-state index in [-0.39, 0.29) is 0 Å². The summed E-state index contributed by atoms with van der Waals surface area (Å²) in [6.07, 6.45) is 0. The Hall–Kier alpha value is -1.28. The number of thiocarbonyl (C=S) groups is 2. The average Bonchev–Trinajstić information content (AvgIpc) is 2.32. The van der Waals surface area contributed by atoms with Crippen LogP contribution in [0.3, 0.4) is 0 Å². The fourth-order valence-electron chi connectivity index (χ4n) is 0.687. The lowest BCUT2D eigenvalue weighted by Crippen LogP contribution is -2.33. The lowest BCUT2D eigenvalue weighted by atomic mass is 10.3. The Kier molecular flexibility index (Phi) is 8.16. The van der Waals surface area contributed by atoms with Crippen LogP contribution in [0.4, 0.5) is 0 Å². The molecule has 0 atom stereocenters. The van der Waals surface area contributed by atoms with Gasteiger partial charge in [0.2, 0.25) is 0 Å². The van der Waals surface area contributed by atoms with Crippen LogP contribution < -0.4 is 21.5 Å². The standard InChI is InChI=1S/C9H18N6S2/c1-5-11-9(17)15-13-7(3)6(2)12-14-8(16)10-4/h5H2,1-4H3,(H2,10,14,16)(H2,11,15,17)/b12-6+,13-7+. The minimum Gasteiger partial charge on any atom is -0.364 e. The quantitative estimate of drug-likeness (QED) is 0.336. The third-order valence-corrected chi connectivity index (χ3v) is 2.27. The second-order valence-corrected chi connectivity index (χ2v) is 3.87. The number of hydrogen-bond acceptors (Lipinski definition) is 4. The van der Waals surface area contributed by atoms with Crippen molar-refractivity contribution < 1.29 is 0 Å². The van der Waals surface area contributed by atoms with Crippen molar-refractivity contribution >= 4 is 46.1 Å². The highest BCUT2D eigenvalue weighted by Crippen LogP contribution is 1.82. The van der Waals surface area contributed by atoms with E-state index in [0.29, 0.717) is 10.2 Å². The zero-order chi connectivity index (χ0) is 13.3. The largest absolute Gasteiger partial charge is 0.364 e. The Morgan fingerprint density at radius 3 is 1.88 bits per heavy atom. The molecule has 0 aliphatic heterocycles. The molecular formula is C9H18N6S2. The molecule has 0 heterocycles. The first-order valence-electron chi connectivity index (χ1n) is 5.11. The fourth-order valence-corrected chi connectivity index (χ4v) is 0.923. The van der Waals surface area contributed by atoms with Crippen molar-refractivity contribution in [2.75, 3.05) is 13.6 Å². The van der Waals surface area contributed by atoms with Crippen LogP contribution in [0.1, 0.15) is 20.8 Å². The zero-order valence-corrected chi connectivity index (χ0v) is 12.1. The van der Waals surface area contributed by atoms with Crippen LogP contribution in [0.5, 0.6) is 0 Å². The van der Waals surface area contributed by atoms with Gasteiger partial charge in [0.15, 0.2) is 10.2 Å². The Labute approximate surface area is 112 Å². The van der Waals surface area contributed by atoms with Gasteiger partial charge in [-0.15, -0.1) is 0 Å². The summed E-state index contributed by atoms with van der Waals surface area (Å²) in [6, 6.07) is 0. The lowest BCUT2D eigenvalue weighted by molar-refractivity contribution is 0.901. The van der Waals surface area contributed by atoms with Gasteiger partial charge in [-0.1, -0.05) is 0 Å². The van der Waals surface area contributed by atoms with Crippen molar-refractivity contribution in [1.82, 2.24) is 21.5 Å². The van der Waals surface area contributed by atoms with Gasteiger partial charge < -0.3 is 10.6 Å². The van der Waals surface area contributed by atoms with Gasteiger partial charge in [-0.25, -0.2) is 0 Å². The molecule has 8 heteroatoms. The highest BCUT2D eigenvalue weighted by atomic mass is 32.1. The molecule has 0 amide bonds. The van der Waals surface area contributed by atoms with Gasteiger partial charge in [-0.3, -0.25) is 10.9 Å². The average molecular weight is 274 g/mol. The van der Waals surface area contributed by atoms with Crippen LogP contribution in [0, 0.1) is 0 Å². The van der Waals surface area contributed by atoms with Gasteiger partial charge in [0.25, 0.3) is 0 Å². The first kappa shape index (κ1) is 15.7. The van der Waals surface area contributed by atoms with E-state index in [2.05, 4.69) is 31.7 Å². The monoisotopic (exact) mass is 274 g/mol. The minimum absolute atomic E-state index is 0.452. The maximum absolute atomic E-state index is 4.97. The van der Waals surface area contributed by atoms with Crippen molar-refractivity contribution in [2.24, 2.45) is 10.2 Å². The van der Waals surface area contributed by atoms with Crippen LogP contribution in [0.15, 0.2) is 10.2 Å². The third kappa shape index (κ3) is 7.58. The van der Waals surface area contributed by atoms with Gasteiger partial charge in [0.1, 0.15) is 0 Å². The third-order valence-electron chi connectivity index (χ3n) is 1.74. The van der Waals surface area contributed by atoms with Crippen LogP contribution in [-0.2, 0) is 0 Å². The fraction of sp³-hybridized carbons (Fsp3) is 0.556. The molecule has 17 heavy (non-hydrogen) atoms. The molecule has 0 spiro atoms. The summed E-state index contributed by atoms with van der Waals surface area (Å²) in [4.78, 5) is 0. The molecule has 0 bridgehead atoms. The maximum Gasteiger partial charge on any atom is 0.186 e. The SMILES string of the molecule is CCNC(=S)N/N=C(C)/C(C)=N/NC(=S)NC. The number of rotatable bonds is 4. The molecule has 0 fully saturated rings. The smallest absolute Gasteiger partial charge is 0.186 e. The van der Waals surface area contributed by atoms with Crippen molar-refractivity contribution in [3.63, 3.8) is 0 Å². The summed E-state index contributed by atoms with van der Waals surface area (Å²) >= 11 is 9.85. The summed E-state index contributed by atoms with van der Waals surface area (Å²) in [5.41, 5.74) is 6.83. The molecule has 0 saturated heterocycles. The summed E-state index contributed by atoms with van der Waals surface area (Å²) in [5.74, 6) is 0. The molecule has 0 aromatic heterocycles. The van der Waals surface area contributed by atoms with E-state index in [1.54, 1.807) is 7.05 Å². The van der Waals surface area contributed by atoms with Gasteiger partial charge in [-0.05, 0) is 45.2 Å². The van der Waals surface area contributed by atoms with Crippen LogP contribution in [0.25, 0.3) is 0 Å². The highest BCUT2D eigenvalue weighted by molar-refractivity contribution is 7.80. The predicted molar refractivity (Wildman–Crippen MR) is 80.4 cm³/mol. The second kappa shape index (κ2) is 8.82. The molecule has 0 aliphatic carbocycles. The number of nitrogens with one attached hydrogen (secondary N) is 4. The molecule has 0 saturated carbocycles. The van der Waals surface area contributed by atoms with E-state index in [1.165, 1.54) is 0 Å². The van der Waals surface area contributed by atoms with E-state index in [1.807, 2.05) is 20.8 Å². The van der Waals surface area contributed by atoms with Crippen LogP contribution in [0.2, 0.25) is 0 Å². The Morgan fingerprint density at radius 2 is 1.47 bits per heavy atom. The molecule has 96 valence electrons. The molecule has 0 aromatic rings. The van der Waals surface area contributed by atoms with Crippen molar-refractivity contribution in [1.29, 1.82) is 0 Å². The van der Waals surface area contributed by atoms with Gasteiger partial charge in [-0.2, -0.15) is 10.2 Å². The molecule has 0 aliphatic rings. The topological polar surface area (TPSA) is 72.8 Å². The Balaban J connectivity index is 4.28. The molecule has 6 nitrogen and oxygen atoms in total. The lowest BCUT2D eigenvalue weighted by Gasteiger charge is -2.06. The minimum atomic E-state index is 0.452. The summed E-state index contributed by atoms with van der Waals surface area (Å²) in [6.45, 7) is 6.36. The Bertz CT molecular complexity index is 336.